The van der Waals surface area contributed by atoms with E-state index in [2.05, 4.69) is 0 Å². The number of Topliss-reactive ketones (excluding diaryl/α,β-unsaturated/α-hetero) is 1. The van der Waals surface area contributed by atoms with Crippen molar-refractivity contribution >= 4 is 23.1 Å². The Morgan fingerprint density at radius 2 is 1.66 bits per heavy atom. The summed E-state index contributed by atoms with van der Waals surface area (Å²) >= 11 is 0. The van der Waals surface area contributed by atoms with Crippen LogP contribution in [-0.4, -0.2) is 28.0 Å². The Kier molecular flexibility index (Phi) is 6.39. The van der Waals surface area contributed by atoms with Crippen LogP contribution in [-0.2, 0) is 9.59 Å². The molecule has 0 spiro atoms. The van der Waals surface area contributed by atoms with Crippen molar-refractivity contribution in [2.24, 2.45) is 0 Å². The summed E-state index contributed by atoms with van der Waals surface area (Å²) in [5.41, 5.74) is 4.24. The zero-order valence-corrected chi connectivity index (χ0v) is 20.5. The number of ketones is 1. The van der Waals surface area contributed by atoms with Crippen LogP contribution >= 0.6 is 0 Å². The van der Waals surface area contributed by atoms with E-state index in [-0.39, 0.29) is 23.2 Å². The number of hydrogen-bond donors (Lipinski definition) is 2. The van der Waals surface area contributed by atoms with Gasteiger partial charge in [-0.3, -0.25) is 14.5 Å². The van der Waals surface area contributed by atoms with Crippen molar-refractivity contribution in [2.75, 3.05) is 4.90 Å². The maximum Gasteiger partial charge on any atom is 0.300 e. The second kappa shape index (κ2) is 9.29. The van der Waals surface area contributed by atoms with E-state index in [1.807, 2.05) is 46.8 Å². The normalized spacial score (nSPS) is 17.3. The Morgan fingerprint density at radius 1 is 0.914 bits per heavy atom. The lowest BCUT2D eigenvalue weighted by atomic mass is 9.94. The van der Waals surface area contributed by atoms with E-state index < -0.39 is 17.7 Å². The van der Waals surface area contributed by atoms with Crippen molar-refractivity contribution in [3.05, 3.63) is 94.1 Å². The number of phenols is 1. The Balaban J connectivity index is 1.91. The first-order valence-corrected chi connectivity index (χ1v) is 11.5. The zero-order valence-electron chi connectivity index (χ0n) is 20.5. The van der Waals surface area contributed by atoms with E-state index in [0.717, 1.165) is 16.7 Å². The first-order chi connectivity index (χ1) is 16.6. The molecule has 1 fully saturated rings. The lowest BCUT2D eigenvalue weighted by Gasteiger charge is -2.26. The van der Waals surface area contributed by atoms with Gasteiger partial charge in [-0.25, -0.2) is 0 Å². The van der Waals surface area contributed by atoms with E-state index in [1.54, 1.807) is 36.4 Å². The highest BCUT2D eigenvalue weighted by Gasteiger charge is 2.47. The molecule has 1 unspecified atom stereocenters. The standard InChI is InChI=1S/C29H29NO5/c1-16(2)35-24-12-10-21(13-19(24)5)27(32)25-26(20-7-6-8-23(31)15-20)30(29(34)28(25)33)22-11-9-17(3)18(4)14-22/h6-16,26,31-32H,1-5H3/b27-25+. The molecule has 35 heavy (non-hydrogen) atoms. The molecule has 0 bridgehead atoms. The molecule has 1 aliphatic rings. The minimum absolute atomic E-state index is 0.000735. The molecule has 0 aromatic heterocycles. The third-order valence-electron chi connectivity index (χ3n) is 6.21. The van der Waals surface area contributed by atoms with Crippen LogP contribution in [0.3, 0.4) is 0 Å². The summed E-state index contributed by atoms with van der Waals surface area (Å²) in [6, 6.07) is 16.1. The summed E-state index contributed by atoms with van der Waals surface area (Å²) in [6.45, 7) is 9.61. The Morgan fingerprint density at radius 3 is 2.29 bits per heavy atom. The van der Waals surface area contributed by atoms with Gasteiger partial charge in [-0.15, -0.1) is 0 Å². The van der Waals surface area contributed by atoms with Gasteiger partial charge < -0.3 is 14.9 Å². The minimum atomic E-state index is -0.906. The predicted molar refractivity (Wildman–Crippen MR) is 136 cm³/mol. The van der Waals surface area contributed by atoms with Crippen molar-refractivity contribution in [1.82, 2.24) is 0 Å². The van der Waals surface area contributed by atoms with Crippen molar-refractivity contribution < 1.29 is 24.5 Å². The number of hydrogen-bond acceptors (Lipinski definition) is 5. The van der Waals surface area contributed by atoms with Gasteiger partial charge in [0, 0.05) is 11.3 Å². The number of anilines is 1. The first-order valence-electron chi connectivity index (χ1n) is 11.5. The van der Waals surface area contributed by atoms with Gasteiger partial charge in [-0.05, 0) is 99.3 Å². The third kappa shape index (κ3) is 4.52. The third-order valence-corrected chi connectivity index (χ3v) is 6.21. The molecule has 1 atom stereocenters. The molecular weight excluding hydrogens is 442 g/mol. The van der Waals surface area contributed by atoms with Gasteiger partial charge in [-0.2, -0.15) is 0 Å². The van der Waals surface area contributed by atoms with E-state index in [1.165, 1.54) is 17.0 Å². The van der Waals surface area contributed by atoms with Gasteiger partial charge in [0.2, 0.25) is 0 Å². The molecule has 6 heteroatoms. The number of rotatable bonds is 5. The van der Waals surface area contributed by atoms with Crippen LogP contribution < -0.4 is 9.64 Å². The second-order valence-electron chi connectivity index (χ2n) is 9.18. The summed E-state index contributed by atoms with van der Waals surface area (Å²) in [6.07, 6.45) is -0.0119. The zero-order chi connectivity index (χ0) is 25.4. The molecule has 1 aliphatic heterocycles. The van der Waals surface area contributed by atoms with E-state index >= 15 is 0 Å². The van der Waals surface area contributed by atoms with Crippen LogP contribution in [0.15, 0.2) is 66.2 Å². The maximum absolute atomic E-state index is 13.3. The number of ether oxygens (including phenoxy) is 1. The SMILES string of the molecule is Cc1ccc(N2C(=O)C(=O)/C(=C(/O)c3ccc(OC(C)C)c(C)c3)C2c2cccc(O)c2)cc1C. The summed E-state index contributed by atoms with van der Waals surface area (Å²) in [5, 5.41) is 21.5. The Bertz CT molecular complexity index is 1350. The number of carbonyl (C=O) groups excluding carboxylic acids is 2. The highest BCUT2D eigenvalue weighted by molar-refractivity contribution is 6.51. The number of carbonyl (C=O) groups is 2. The average Bonchev–Trinajstić information content (AvgIpc) is 3.07. The molecule has 1 saturated heterocycles. The Hall–Kier alpha value is -4.06. The monoisotopic (exact) mass is 471 g/mol. The number of benzene rings is 3. The smallest absolute Gasteiger partial charge is 0.300 e. The van der Waals surface area contributed by atoms with Crippen molar-refractivity contribution in [1.29, 1.82) is 0 Å². The molecule has 6 nitrogen and oxygen atoms in total. The minimum Gasteiger partial charge on any atom is -0.508 e. The quantitative estimate of drug-likeness (QED) is 0.282. The lowest BCUT2D eigenvalue weighted by molar-refractivity contribution is -0.132. The lowest BCUT2D eigenvalue weighted by Crippen LogP contribution is -2.29. The molecular formula is C29H29NO5. The highest BCUT2D eigenvalue weighted by Crippen LogP contribution is 2.43. The van der Waals surface area contributed by atoms with Gasteiger partial charge in [0.1, 0.15) is 17.3 Å². The number of aryl methyl sites for hydroxylation is 3. The summed E-state index contributed by atoms with van der Waals surface area (Å²) in [7, 11) is 0. The van der Waals surface area contributed by atoms with Gasteiger partial charge in [0.05, 0.1) is 17.7 Å². The fourth-order valence-corrected chi connectivity index (χ4v) is 4.32. The molecule has 180 valence electrons. The summed E-state index contributed by atoms with van der Waals surface area (Å²) in [5.74, 6) is -1.12. The van der Waals surface area contributed by atoms with Crippen molar-refractivity contribution in [2.45, 2.75) is 46.8 Å². The summed E-state index contributed by atoms with van der Waals surface area (Å²) < 4.78 is 5.79. The van der Waals surface area contributed by atoms with Crippen LogP contribution in [0.2, 0.25) is 0 Å². The van der Waals surface area contributed by atoms with Gasteiger partial charge in [0.25, 0.3) is 11.7 Å². The molecule has 0 aliphatic carbocycles. The van der Waals surface area contributed by atoms with Crippen molar-refractivity contribution in [3.63, 3.8) is 0 Å². The number of nitrogens with zero attached hydrogens (tertiary/aromatic N) is 1. The predicted octanol–water partition coefficient (Wildman–Crippen LogP) is 5.73. The molecule has 3 aromatic carbocycles. The van der Waals surface area contributed by atoms with Crippen LogP contribution in [0.1, 0.15) is 47.7 Å². The van der Waals surface area contributed by atoms with Crippen LogP contribution in [0, 0.1) is 20.8 Å². The molecule has 3 aromatic rings. The molecule has 0 radical (unpaired) electrons. The van der Waals surface area contributed by atoms with Crippen LogP contribution in [0.5, 0.6) is 11.5 Å². The number of aromatic hydroxyl groups is 1. The fourth-order valence-electron chi connectivity index (χ4n) is 4.32. The van der Waals surface area contributed by atoms with E-state index in [0.29, 0.717) is 22.6 Å². The van der Waals surface area contributed by atoms with Gasteiger partial charge in [-0.1, -0.05) is 18.2 Å². The van der Waals surface area contributed by atoms with Gasteiger partial charge >= 0.3 is 0 Å². The van der Waals surface area contributed by atoms with Crippen molar-refractivity contribution in [3.8, 4) is 11.5 Å². The summed E-state index contributed by atoms with van der Waals surface area (Å²) in [4.78, 5) is 28.0. The number of aliphatic hydroxyl groups is 1. The highest BCUT2D eigenvalue weighted by atomic mass is 16.5. The number of phenolic OH excluding ortho intramolecular Hbond substituents is 1. The molecule has 1 heterocycles. The van der Waals surface area contributed by atoms with E-state index in [9.17, 15) is 19.8 Å². The van der Waals surface area contributed by atoms with Gasteiger partial charge in [0.15, 0.2) is 0 Å². The number of aliphatic hydroxyl groups excluding tert-OH is 1. The molecule has 1 amide bonds. The second-order valence-corrected chi connectivity index (χ2v) is 9.18. The van der Waals surface area contributed by atoms with E-state index in [4.69, 9.17) is 4.74 Å². The maximum atomic E-state index is 13.3. The first kappa shape index (κ1) is 24.1. The molecule has 0 saturated carbocycles. The number of amides is 1. The largest absolute Gasteiger partial charge is 0.508 e. The van der Waals surface area contributed by atoms with Crippen LogP contribution in [0.25, 0.3) is 5.76 Å². The average molecular weight is 472 g/mol. The molecule has 2 N–H and O–H groups in total. The fraction of sp³-hybridized carbons (Fsp3) is 0.241. The van der Waals surface area contributed by atoms with Crippen LogP contribution in [0.4, 0.5) is 5.69 Å². The Labute approximate surface area is 205 Å². The molecule has 4 rings (SSSR count). The topological polar surface area (TPSA) is 87.1 Å².